The van der Waals surface area contributed by atoms with Crippen molar-refractivity contribution >= 4 is 17.5 Å². The minimum Gasteiger partial charge on any atom is -0.484 e. The maximum Gasteiger partial charge on any atom is 0.258 e. The smallest absolute Gasteiger partial charge is 0.258 e. The van der Waals surface area contributed by atoms with Crippen LogP contribution in [0, 0.1) is 0 Å². The van der Waals surface area contributed by atoms with Gasteiger partial charge in [-0.25, -0.2) is 0 Å². The Morgan fingerprint density at radius 1 is 1.04 bits per heavy atom. The number of rotatable bonds is 7. The summed E-state index contributed by atoms with van der Waals surface area (Å²) < 4.78 is 5.44. The van der Waals surface area contributed by atoms with Crippen LogP contribution in [-0.2, 0) is 24.2 Å². The molecule has 23 heavy (non-hydrogen) atoms. The Balaban J connectivity index is 1.87. The van der Waals surface area contributed by atoms with E-state index in [4.69, 9.17) is 16.3 Å². The topological polar surface area (TPSA) is 38.3 Å². The van der Waals surface area contributed by atoms with E-state index in [0.29, 0.717) is 17.3 Å². The Labute approximate surface area is 142 Å². The molecule has 2 aromatic rings. The maximum absolute atomic E-state index is 11.9. The van der Waals surface area contributed by atoms with Gasteiger partial charge in [0.25, 0.3) is 5.91 Å². The second kappa shape index (κ2) is 8.59. The zero-order valence-corrected chi connectivity index (χ0v) is 14.3. The van der Waals surface area contributed by atoms with Gasteiger partial charge < -0.3 is 10.1 Å². The minimum atomic E-state index is -0.135. The predicted octanol–water partition coefficient (Wildman–Crippen LogP) is 4.16. The normalized spacial score (nSPS) is 10.4. The molecule has 1 N–H and O–H groups in total. The minimum absolute atomic E-state index is 0.00341. The number of halogens is 1. The largest absolute Gasteiger partial charge is 0.484 e. The number of amides is 1. The standard InChI is InChI=1S/C19H22ClNO2/c1-3-14-5-6-15(4-2)16(11-14)12-21-19(22)13-23-18-9-7-17(20)8-10-18/h5-11H,3-4,12-13H2,1-2H3,(H,21,22). The molecule has 2 rings (SSSR count). The van der Waals surface area contributed by atoms with E-state index in [1.807, 2.05) is 0 Å². The lowest BCUT2D eigenvalue weighted by Gasteiger charge is -2.12. The fourth-order valence-corrected chi connectivity index (χ4v) is 2.46. The lowest BCUT2D eigenvalue weighted by Crippen LogP contribution is -2.28. The van der Waals surface area contributed by atoms with Crippen molar-refractivity contribution in [2.24, 2.45) is 0 Å². The van der Waals surface area contributed by atoms with Crippen LogP contribution >= 0.6 is 11.6 Å². The van der Waals surface area contributed by atoms with Crippen molar-refractivity contribution in [2.45, 2.75) is 33.2 Å². The van der Waals surface area contributed by atoms with Gasteiger partial charge in [0.1, 0.15) is 5.75 Å². The van der Waals surface area contributed by atoms with E-state index in [9.17, 15) is 4.79 Å². The predicted molar refractivity (Wildman–Crippen MR) is 94.0 cm³/mol. The van der Waals surface area contributed by atoms with E-state index in [1.54, 1.807) is 24.3 Å². The van der Waals surface area contributed by atoms with E-state index in [-0.39, 0.29) is 12.5 Å². The molecule has 4 heteroatoms. The van der Waals surface area contributed by atoms with Crippen molar-refractivity contribution < 1.29 is 9.53 Å². The van der Waals surface area contributed by atoms with E-state index < -0.39 is 0 Å². The summed E-state index contributed by atoms with van der Waals surface area (Å²) >= 11 is 5.81. The number of aryl methyl sites for hydroxylation is 2. The summed E-state index contributed by atoms with van der Waals surface area (Å²) in [7, 11) is 0. The number of carbonyl (C=O) groups excluding carboxylic acids is 1. The number of ether oxygens (including phenoxy) is 1. The highest BCUT2D eigenvalue weighted by Gasteiger charge is 2.06. The van der Waals surface area contributed by atoms with Gasteiger partial charge in [-0.05, 0) is 53.8 Å². The third-order valence-electron chi connectivity index (χ3n) is 3.72. The van der Waals surface area contributed by atoms with Crippen molar-refractivity contribution in [2.75, 3.05) is 6.61 Å². The molecule has 122 valence electrons. The first-order valence-electron chi connectivity index (χ1n) is 7.88. The molecule has 0 saturated heterocycles. The van der Waals surface area contributed by atoms with Gasteiger partial charge in [-0.2, -0.15) is 0 Å². The van der Waals surface area contributed by atoms with Crippen LogP contribution < -0.4 is 10.1 Å². The molecule has 1 amide bonds. The molecule has 0 unspecified atom stereocenters. The van der Waals surface area contributed by atoms with Crippen LogP contribution in [0.3, 0.4) is 0 Å². The summed E-state index contributed by atoms with van der Waals surface area (Å²) in [4.78, 5) is 11.9. The summed E-state index contributed by atoms with van der Waals surface area (Å²) in [6.45, 7) is 4.77. The first kappa shape index (κ1) is 17.4. The third kappa shape index (κ3) is 5.29. The van der Waals surface area contributed by atoms with E-state index in [0.717, 1.165) is 12.8 Å². The highest BCUT2D eigenvalue weighted by atomic mass is 35.5. The van der Waals surface area contributed by atoms with Crippen LogP contribution in [0.15, 0.2) is 42.5 Å². The van der Waals surface area contributed by atoms with Crippen LogP contribution in [0.2, 0.25) is 5.02 Å². The third-order valence-corrected chi connectivity index (χ3v) is 3.97. The van der Waals surface area contributed by atoms with E-state index in [1.165, 1.54) is 16.7 Å². The average Bonchev–Trinajstić information content (AvgIpc) is 2.59. The second-order valence-electron chi connectivity index (χ2n) is 5.33. The summed E-state index contributed by atoms with van der Waals surface area (Å²) in [5.74, 6) is 0.496. The lowest BCUT2D eigenvalue weighted by atomic mass is 10.0. The molecule has 0 fully saturated rings. The van der Waals surface area contributed by atoms with Gasteiger partial charge in [0.2, 0.25) is 0 Å². The first-order valence-corrected chi connectivity index (χ1v) is 8.26. The fourth-order valence-electron chi connectivity index (χ4n) is 2.33. The number of hydrogen-bond donors (Lipinski definition) is 1. The van der Waals surface area contributed by atoms with Crippen LogP contribution in [0.1, 0.15) is 30.5 Å². The van der Waals surface area contributed by atoms with Crippen molar-refractivity contribution in [3.63, 3.8) is 0 Å². The van der Waals surface area contributed by atoms with Crippen LogP contribution in [-0.4, -0.2) is 12.5 Å². The zero-order chi connectivity index (χ0) is 16.7. The molecule has 0 aromatic heterocycles. The SMILES string of the molecule is CCc1ccc(CC)c(CNC(=O)COc2ccc(Cl)cc2)c1. The zero-order valence-electron chi connectivity index (χ0n) is 13.6. The lowest BCUT2D eigenvalue weighted by molar-refractivity contribution is -0.123. The maximum atomic E-state index is 11.9. The van der Waals surface area contributed by atoms with Gasteiger partial charge in [-0.1, -0.05) is 43.6 Å². The summed E-state index contributed by atoms with van der Waals surface area (Å²) in [5.41, 5.74) is 3.72. The van der Waals surface area contributed by atoms with Crippen molar-refractivity contribution in [3.05, 3.63) is 64.2 Å². The van der Waals surface area contributed by atoms with E-state index >= 15 is 0 Å². The summed E-state index contributed by atoms with van der Waals surface area (Å²) in [6, 6.07) is 13.4. The second-order valence-corrected chi connectivity index (χ2v) is 5.77. The quantitative estimate of drug-likeness (QED) is 0.827. The molecule has 0 heterocycles. The molecule has 3 nitrogen and oxygen atoms in total. The number of benzene rings is 2. The fraction of sp³-hybridized carbons (Fsp3) is 0.316. The molecule has 0 aliphatic carbocycles. The molecule has 0 radical (unpaired) electrons. The van der Waals surface area contributed by atoms with Crippen molar-refractivity contribution in [1.82, 2.24) is 5.32 Å². The molecular formula is C19H22ClNO2. The first-order chi connectivity index (χ1) is 11.1. The molecule has 0 aliphatic heterocycles. The monoisotopic (exact) mass is 331 g/mol. The average molecular weight is 332 g/mol. The van der Waals surface area contributed by atoms with Gasteiger partial charge in [0.05, 0.1) is 0 Å². The van der Waals surface area contributed by atoms with Crippen molar-refractivity contribution in [3.8, 4) is 5.75 Å². The Bertz CT molecular complexity index is 653. The number of carbonyl (C=O) groups is 1. The summed E-state index contributed by atoms with van der Waals surface area (Å²) in [5, 5.41) is 3.56. The highest BCUT2D eigenvalue weighted by Crippen LogP contribution is 2.16. The molecule has 0 bridgehead atoms. The van der Waals surface area contributed by atoms with Gasteiger partial charge in [0, 0.05) is 11.6 Å². The number of nitrogens with one attached hydrogen (secondary N) is 1. The molecule has 0 aliphatic rings. The van der Waals surface area contributed by atoms with Gasteiger partial charge in [-0.15, -0.1) is 0 Å². The number of hydrogen-bond acceptors (Lipinski definition) is 2. The molecule has 0 atom stereocenters. The molecule has 0 saturated carbocycles. The van der Waals surface area contributed by atoms with Crippen LogP contribution in [0.5, 0.6) is 5.75 Å². The van der Waals surface area contributed by atoms with Gasteiger partial charge in [-0.3, -0.25) is 4.79 Å². The van der Waals surface area contributed by atoms with Crippen molar-refractivity contribution in [1.29, 1.82) is 0 Å². The van der Waals surface area contributed by atoms with E-state index in [2.05, 4.69) is 37.4 Å². The van der Waals surface area contributed by atoms with Crippen LogP contribution in [0.4, 0.5) is 0 Å². The van der Waals surface area contributed by atoms with Crippen LogP contribution in [0.25, 0.3) is 0 Å². The summed E-state index contributed by atoms with van der Waals surface area (Å²) in [6.07, 6.45) is 1.95. The Kier molecular flexibility index (Phi) is 6.48. The molecule has 2 aromatic carbocycles. The molecular weight excluding hydrogens is 310 g/mol. The Morgan fingerprint density at radius 3 is 2.43 bits per heavy atom. The Hall–Kier alpha value is -2.00. The van der Waals surface area contributed by atoms with Gasteiger partial charge in [0.15, 0.2) is 6.61 Å². The Morgan fingerprint density at radius 2 is 1.78 bits per heavy atom. The van der Waals surface area contributed by atoms with Gasteiger partial charge >= 0.3 is 0 Å². The molecule has 0 spiro atoms. The highest BCUT2D eigenvalue weighted by molar-refractivity contribution is 6.30.